The first-order valence-corrected chi connectivity index (χ1v) is 12.8. The van der Waals surface area contributed by atoms with Crippen LogP contribution in [0.1, 0.15) is 37.3 Å². The SMILES string of the molecule is COc1c2c3c4c5c(c(=O)cc(OC)c5c5c(OC)cc(=O)c(c1O)c35)=C(O)[C@@]1(OC)O[C@@H](C)C[C@@]41[C@H]2C(C)=O. The summed E-state index contributed by atoms with van der Waals surface area (Å²) in [5, 5.41) is 25.4. The summed E-state index contributed by atoms with van der Waals surface area (Å²) in [7, 11) is 5.53. The number of methoxy groups -OCH3 is 4. The van der Waals surface area contributed by atoms with Crippen LogP contribution in [0.2, 0.25) is 0 Å². The highest BCUT2D eigenvalue weighted by atomic mass is 16.7. The minimum absolute atomic E-state index is 0.0209. The monoisotopic (exact) mass is 546 g/mol. The number of phenolic OH excluding ortho intramolecular Hbond substituents is 1. The molecule has 2 N–H and O–H groups in total. The summed E-state index contributed by atoms with van der Waals surface area (Å²) in [4.78, 5) is 41.0. The molecule has 2 aliphatic carbocycles. The molecule has 4 atom stereocenters. The highest BCUT2D eigenvalue weighted by Gasteiger charge is 2.73. The van der Waals surface area contributed by atoms with E-state index in [-0.39, 0.29) is 40.1 Å². The van der Waals surface area contributed by atoms with E-state index in [1.807, 2.05) is 0 Å². The maximum Gasteiger partial charge on any atom is 0.239 e. The number of fused-ring (bicyclic) bond motifs is 1. The van der Waals surface area contributed by atoms with Crippen LogP contribution in [-0.4, -0.2) is 56.3 Å². The lowest BCUT2D eigenvalue weighted by Gasteiger charge is -2.46. The van der Waals surface area contributed by atoms with Crippen LogP contribution in [-0.2, 0) is 19.7 Å². The van der Waals surface area contributed by atoms with Gasteiger partial charge in [0.1, 0.15) is 17.3 Å². The molecule has 0 saturated carbocycles. The molecule has 206 valence electrons. The third kappa shape index (κ3) is 2.31. The van der Waals surface area contributed by atoms with Crippen LogP contribution in [0.15, 0.2) is 21.7 Å². The van der Waals surface area contributed by atoms with Gasteiger partial charge in [0.2, 0.25) is 5.79 Å². The molecule has 40 heavy (non-hydrogen) atoms. The summed E-state index contributed by atoms with van der Waals surface area (Å²) in [5.41, 5.74) is -1.58. The second-order valence-electron chi connectivity index (χ2n) is 10.8. The van der Waals surface area contributed by atoms with Crippen molar-refractivity contribution >= 4 is 43.9 Å². The molecule has 10 nitrogen and oxygen atoms in total. The third-order valence-electron chi connectivity index (χ3n) is 9.15. The van der Waals surface area contributed by atoms with Crippen molar-refractivity contribution < 1.29 is 38.7 Å². The Morgan fingerprint density at radius 2 is 1.52 bits per heavy atom. The van der Waals surface area contributed by atoms with Gasteiger partial charge in [-0.3, -0.25) is 14.4 Å². The quantitative estimate of drug-likeness (QED) is 0.284. The molecule has 1 spiro atoms. The van der Waals surface area contributed by atoms with Gasteiger partial charge in [0.15, 0.2) is 28.1 Å². The van der Waals surface area contributed by atoms with E-state index in [4.69, 9.17) is 23.7 Å². The van der Waals surface area contributed by atoms with Gasteiger partial charge in [0.25, 0.3) is 0 Å². The van der Waals surface area contributed by atoms with Crippen LogP contribution in [0.5, 0.6) is 23.0 Å². The summed E-state index contributed by atoms with van der Waals surface area (Å²) in [5.74, 6) is -3.80. The van der Waals surface area contributed by atoms with E-state index in [2.05, 4.69) is 0 Å². The number of carbonyl (C=O) groups is 1. The summed E-state index contributed by atoms with van der Waals surface area (Å²) in [6, 6.07) is 2.51. The Morgan fingerprint density at radius 3 is 2.10 bits per heavy atom. The number of aliphatic hydroxyl groups excluding tert-OH is 1. The number of aromatic hydroxyl groups is 1. The lowest BCUT2D eigenvalue weighted by molar-refractivity contribution is -0.209. The summed E-state index contributed by atoms with van der Waals surface area (Å²) in [6.45, 7) is 3.21. The van der Waals surface area contributed by atoms with Crippen molar-refractivity contribution in [3.63, 3.8) is 0 Å². The number of hydrogen-bond acceptors (Lipinski definition) is 10. The van der Waals surface area contributed by atoms with Crippen LogP contribution in [0.3, 0.4) is 0 Å². The van der Waals surface area contributed by atoms with E-state index >= 15 is 0 Å². The number of benzene rings is 4. The predicted molar refractivity (Wildman–Crippen MR) is 145 cm³/mol. The van der Waals surface area contributed by atoms with Gasteiger partial charge < -0.3 is 33.9 Å². The number of rotatable bonds is 5. The first-order valence-electron chi connectivity index (χ1n) is 12.8. The number of phenols is 1. The van der Waals surface area contributed by atoms with Crippen LogP contribution >= 0.6 is 0 Å². The van der Waals surface area contributed by atoms with Crippen molar-refractivity contribution in [1.82, 2.24) is 0 Å². The topological polar surface area (TPSA) is 138 Å². The first kappa shape index (κ1) is 24.9. The second-order valence-corrected chi connectivity index (χ2v) is 10.8. The largest absolute Gasteiger partial charge is 0.506 e. The second kappa shape index (κ2) is 7.52. The summed E-state index contributed by atoms with van der Waals surface area (Å²) >= 11 is 0. The van der Waals surface area contributed by atoms with Crippen LogP contribution in [0.25, 0.3) is 38.1 Å². The smallest absolute Gasteiger partial charge is 0.239 e. The highest BCUT2D eigenvalue weighted by Crippen LogP contribution is 2.70. The Labute approximate surface area is 226 Å². The van der Waals surface area contributed by atoms with Crippen molar-refractivity contribution in [2.24, 2.45) is 0 Å². The normalized spacial score (nSPS) is 26.3. The Bertz CT molecular complexity index is 2030. The standard InChI is InChI=1S/C30H26O10/c1-10-9-29-24(11(2)31)23-22-20-16(26(34)27(23)38-5)12(32)7-14(36-3)18(20)19-15(37-4)8-13(33)17(21(19)25(22)29)28(35)30(29,39-6)40-10/h7-8,10,24,34-35H,9H2,1-6H3/t10-,24-,29+,30+/m0/s1. The molecule has 0 amide bonds. The van der Waals surface area contributed by atoms with Gasteiger partial charge in [0, 0.05) is 46.4 Å². The molecule has 4 aromatic carbocycles. The number of ether oxygens (including phenoxy) is 5. The van der Waals surface area contributed by atoms with Gasteiger partial charge in [0.05, 0.1) is 49.4 Å². The molecule has 0 bridgehead atoms. The van der Waals surface area contributed by atoms with Crippen molar-refractivity contribution in [1.29, 1.82) is 0 Å². The minimum atomic E-state index is -1.92. The molecular weight excluding hydrogens is 520 g/mol. The van der Waals surface area contributed by atoms with Gasteiger partial charge in [-0.05, 0) is 31.2 Å². The highest BCUT2D eigenvalue weighted by molar-refractivity contribution is 6.31. The average Bonchev–Trinajstić information content (AvgIpc) is 3.40. The van der Waals surface area contributed by atoms with Gasteiger partial charge in [-0.1, -0.05) is 0 Å². The molecule has 1 saturated heterocycles. The van der Waals surface area contributed by atoms with Crippen molar-refractivity contribution in [2.45, 2.75) is 43.5 Å². The molecule has 4 aromatic rings. The van der Waals surface area contributed by atoms with E-state index in [1.54, 1.807) is 6.92 Å². The molecule has 10 heteroatoms. The summed E-state index contributed by atoms with van der Waals surface area (Å²) < 4.78 is 29.5. The van der Waals surface area contributed by atoms with Crippen molar-refractivity contribution in [3.05, 3.63) is 48.9 Å². The maximum absolute atomic E-state index is 13.8. The van der Waals surface area contributed by atoms with E-state index in [0.717, 1.165) is 0 Å². The zero-order valence-electron chi connectivity index (χ0n) is 22.7. The molecule has 1 aliphatic heterocycles. The number of Topliss-reactive ketones (excluding diaryl/α,β-unsaturated/α-hetero) is 1. The molecule has 0 unspecified atom stereocenters. The molecule has 0 aromatic heterocycles. The summed E-state index contributed by atoms with van der Waals surface area (Å²) in [6.07, 6.45) is -0.296. The van der Waals surface area contributed by atoms with Crippen molar-refractivity contribution in [2.75, 3.05) is 28.4 Å². The van der Waals surface area contributed by atoms with Crippen LogP contribution in [0.4, 0.5) is 0 Å². The number of hydrogen-bond donors (Lipinski definition) is 2. The number of ketones is 1. The van der Waals surface area contributed by atoms with Gasteiger partial charge >= 0.3 is 0 Å². The average molecular weight is 547 g/mol. The van der Waals surface area contributed by atoms with E-state index in [9.17, 15) is 24.6 Å². The zero-order chi connectivity index (χ0) is 28.6. The number of aliphatic hydroxyl groups is 1. The fourth-order valence-electron chi connectivity index (χ4n) is 8.15. The van der Waals surface area contributed by atoms with E-state index < -0.39 is 45.6 Å². The Hall–Kier alpha value is -4.15. The van der Waals surface area contributed by atoms with Crippen LogP contribution < -0.4 is 30.3 Å². The molecule has 0 radical (unpaired) electrons. The minimum Gasteiger partial charge on any atom is -0.506 e. The van der Waals surface area contributed by atoms with Crippen LogP contribution in [0, 0.1) is 0 Å². The maximum atomic E-state index is 13.8. The molecule has 1 fully saturated rings. The lowest BCUT2D eigenvalue weighted by atomic mass is 9.61. The molecule has 7 rings (SSSR count). The van der Waals surface area contributed by atoms with E-state index in [1.165, 1.54) is 47.5 Å². The van der Waals surface area contributed by atoms with Crippen molar-refractivity contribution in [3.8, 4) is 23.0 Å². The Morgan fingerprint density at radius 1 is 0.900 bits per heavy atom. The van der Waals surface area contributed by atoms with E-state index in [0.29, 0.717) is 38.1 Å². The lowest BCUT2D eigenvalue weighted by Crippen LogP contribution is -2.59. The van der Waals surface area contributed by atoms with Gasteiger partial charge in [-0.25, -0.2) is 0 Å². The zero-order valence-corrected chi connectivity index (χ0v) is 22.7. The predicted octanol–water partition coefficient (Wildman–Crippen LogP) is 2.51. The van der Waals surface area contributed by atoms with Gasteiger partial charge in [-0.2, -0.15) is 0 Å². The van der Waals surface area contributed by atoms with Gasteiger partial charge in [-0.15, -0.1) is 0 Å². The third-order valence-corrected chi connectivity index (χ3v) is 9.15. The Balaban J connectivity index is 1.99. The fraction of sp³-hybridized carbons (Fsp3) is 0.367. The Kier molecular flexibility index (Phi) is 4.68. The molecule has 1 heterocycles. The molecule has 3 aliphatic rings. The number of carbonyl (C=O) groups excluding carboxylic acids is 1. The fourth-order valence-corrected chi connectivity index (χ4v) is 8.15. The molecular formula is C30H26O10. The first-order chi connectivity index (χ1) is 19.1.